The molecule has 5 heteroatoms. The van der Waals surface area contributed by atoms with Crippen LogP contribution in [0.25, 0.3) is 0 Å². The van der Waals surface area contributed by atoms with Gasteiger partial charge in [-0.05, 0) is 24.9 Å². The molecule has 0 radical (unpaired) electrons. The first-order chi connectivity index (χ1) is 7.11. The van der Waals surface area contributed by atoms with Crippen LogP contribution < -0.4 is 10.9 Å². The number of hydrogen-bond donors (Lipinski definition) is 2. The minimum Gasteiger partial charge on any atom is -0.370 e. The molecule has 1 aromatic rings. The van der Waals surface area contributed by atoms with Crippen molar-refractivity contribution in [1.82, 2.24) is 9.97 Å². The molecule has 1 atom stereocenters. The van der Waals surface area contributed by atoms with Gasteiger partial charge in [0, 0.05) is 12.6 Å². The molecule has 0 amide bonds. The summed E-state index contributed by atoms with van der Waals surface area (Å²) in [4.78, 5) is 17.9. The molecule has 1 rings (SSSR count). The van der Waals surface area contributed by atoms with Gasteiger partial charge in [0.1, 0.15) is 11.6 Å². The maximum Gasteiger partial charge on any atom is 0.252 e. The molecule has 0 aliphatic rings. The molecule has 0 saturated carbocycles. The summed E-state index contributed by atoms with van der Waals surface area (Å²) in [5, 5.41) is 3.17. The number of nitrogens with zero attached hydrogens (tertiary/aromatic N) is 1. The van der Waals surface area contributed by atoms with E-state index in [4.69, 9.17) is 0 Å². The first kappa shape index (κ1) is 12.1. The van der Waals surface area contributed by atoms with E-state index >= 15 is 0 Å². The van der Waals surface area contributed by atoms with Crippen molar-refractivity contribution >= 4 is 17.6 Å². The van der Waals surface area contributed by atoms with Gasteiger partial charge in [0.05, 0.1) is 0 Å². The Kier molecular flexibility index (Phi) is 4.68. The number of aryl methyl sites for hydroxylation is 1. The van der Waals surface area contributed by atoms with E-state index in [0.29, 0.717) is 17.6 Å². The molecule has 0 aliphatic carbocycles. The minimum atomic E-state index is -0.109. The second-order valence-corrected chi connectivity index (χ2v) is 4.57. The second-order valence-electron chi connectivity index (χ2n) is 3.66. The molecule has 84 valence electrons. The summed E-state index contributed by atoms with van der Waals surface area (Å²) in [7, 11) is 0. The van der Waals surface area contributed by atoms with Gasteiger partial charge in [-0.15, -0.1) is 0 Å². The predicted molar refractivity (Wildman–Crippen MR) is 65.6 cm³/mol. The molecule has 0 saturated heterocycles. The highest BCUT2D eigenvalue weighted by atomic mass is 32.2. The van der Waals surface area contributed by atoms with Gasteiger partial charge in [0.25, 0.3) is 5.56 Å². The molecule has 2 N–H and O–H groups in total. The molecule has 1 unspecified atom stereocenters. The topological polar surface area (TPSA) is 57.8 Å². The van der Waals surface area contributed by atoms with Crippen molar-refractivity contribution in [2.45, 2.75) is 13.8 Å². The smallest absolute Gasteiger partial charge is 0.252 e. The number of aromatic amines is 1. The third-order valence-corrected chi connectivity index (χ3v) is 2.85. The highest BCUT2D eigenvalue weighted by Gasteiger charge is 2.02. The number of nitrogens with one attached hydrogen (secondary N) is 2. The lowest BCUT2D eigenvalue weighted by molar-refractivity contribution is 0.698. The standard InChI is InChI=1S/C10H17N3OS/c1-7(6-15-3)5-11-9-4-10(14)13-8(2)12-9/h4,7H,5-6H2,1-3H3,(H2,11,12,13,14). The molecule has 1 aromatic heterocycles. The van der Waals surface area contributed by atoms with Crippen molar-refractivity contribution in [3.8, 4) is 0 Å². The zero-order valence-corrected chi connectivity index (χ0v) is 10.1. The average molecular weight is 227 g/mol. The van der Waals surface area contributed by atoms with E-state index in [1.807, 2.05) is 11.8 Å². The van der Waals surface area contributed by atoms with Crippen LogP contribution in [-0.4, -0.2) is 28.5 Å². The molecule has 0 aliphatic heterocycles. The van der Waals surface area contributed by atoms with Crippen molar-refractivity contribution in [1.29, 1.82) is 0 Å². The Labute approximate surface area is 93.9 Å². The zero-order chi connectivity index (χ0) is 11.3. The molecule has 0 spiro atoms. The van der Waals surface area contributed by atoms with E-state index in [0.717, 1.165) is 12.3 Å². The van der Waals surface area contributed by atoms with Crippen LogP contribution in [0.15, 0.2) is 10.9 Å². The Morgan fingerprint density at radius 3 is 3.00 bits per heavy atom. The number of rotatable bonds is 5. The van der Waals surface area contributed by atoms with Gasteiger partial charge in [0.2, 0.25) is 0 Å². The highest BCUT2D eigenvalue weighted by molar-refractivity contribution is 7.98. The lowest BCUT2D eigenvalue weighted by Crippen LogP contribution is -2.17. The molecule has 15 heavy (non-hydrogen) atoms. The van der Waals surface area contributed by atoms with Crippen molar-refractivity contribution < 1.29 is 0 Å². The SMILES string of the molecule is CSCC(C)CNc1cc(=O)[nH]c(C)n1. The normalized spacial score (nSPS) is 12.5. The van der Waals surface area contributed by atoms with E-state index < -0.39 is 0 Å². The maximum atomic E-state index is 11.1. The molecule has 0 bridgehead atoms. The van der Waals surface area contributed by atoms with Gasteiger partial charge < -0.3 is 10.3 Å². The monoisotopic (exact) mass is 227 g/mol. The van der Waals surface area contributed by atoms with Crippen LogP contribution in [-0.2, 0) is 0 Å². The Balaban J connectivity index is 2.54. The Hall–Kier alpha value is -0.970. The lowest BCUT2D eigenvalue weighted by atomic mass is 10.2. The van der Waals surface area contributed by atoms with Crippen LogP contribution in [0.4, 0.5) is 5.82 Å². The largest absolute Gasteiger partial charge is 0.370 e. The summed E-state index contributed by atoms with van der Waals surface area (Å²) in [6, 6.07) is 1.48. The number of aromatic nitrogens is 2. The predicted octanol–water partition coefficient (Wildman–Crippen LogP) is 1.49. The van der Waals surface area contributed by atoms with Crippen LogP contribution in [0.5, 0.6) is 0 Å². The van der Waals surface area contributed by atoms with Gasteiger partial charge >= 0.3 is 0 Å². The van der Waals surface area contributed by atoms with Crippen molar-refractivity contribution in [3.05, 3.63) is 22.2 Å². The first-order valence-electron chi connectivity index (χ1n) is 4.92. The van der Waals surface area contributed by atoms with E-state index in [-0.39, 0.29) is 5.56 Å². The number of hydrogen-bond acceptors (Lipinski definition) is 4. The van der Waals surface area contributed by atoms with Gasteiger partial charge in [-0.25, -0.2) is 4.98 Å². The third kappa shape index (κ3) is 4.38. The molecule has 1 heterocycles. The van der Waals surface area contributed by atoms with E-state index in [1.165, 1.54) is 6.07 Å². The summed E-state index contributed by atoms with van der Waals surface area (Å²) >= 11 is 1.82. The average Bonchev–Trinajstić information content (AvgIpc) is 2.14. The molecule has 4 nitrogen and oxygen atoms in total. The lowest BCUT2D eigenvalue weighted by Gasteiger charge is -2.11. The fourth-order valence-corrected chi connectivity index (χ4v) is 1.98. The van der Waals surface area contributed by atoms with Gasteiger partial charge in [-0.3, -0.25) is 4.79 Å². The molecular formula is C10H17N3OS. The van der Waals surface area contributed by atoms with E-state index in [2.05, 4.69) is 28.5 Å². The number of thioether (sulfide) groups is 1. The van der Waals surface area contributed by atoms with Crippen LogP contribution >= 0.6 is 11.8 Å². The van der Waals surface area contributed by atoms with E-state index in [9.17, 15) is 4.79 Å². The molecule has 0 aromatic carbocycles. The van der Waals surface area contributed by atoms with Crippen LogP contribution in [0.3, 0.4) is 0 Å². The molecular weight excluding hydrogens is 210 g/mol. The molecule has 0 fully saturated rings. The van der Waals surface area contributed by atoms with E-state index in [1.54, 1.807) is 6.92 Å². The minimum absolute atomic E-state index is 0.109. The summed E-state index contributed by atoms with van der Waals surface area (Å²) in [5.74, 6) is 2.97. The first-order valence-corrected chi connectivity index (χ1v) is 6.32. The number of H-pyrrole nitrogens is 1. The number of anilines is 1. The maximum absolute atomic E-state index is 11.1. The fraction of sp³-hybridized carbons (Fsp3) is 0.600. The summed E-state index contributed by atoms with van der Waals surface area (Å²) < 4.78 is 0. The summed E-state index contributed by atoms with van der Waals surface area (Å²) in [5.41, 5.74) is -0.109. The Morgan fingerprint density at radius 2 is 2.40 bits per heavy atom. The van der Waals surface area contributed by atoms with Crippen LogP contribution in [0.1, 0.15) is 12.7 Å². The van der Waals surface area contributed by atoms with Gasteiger partial charge in [-0.1, -0.05) is 6.92 Å². The van der Waals surface area contributed by atoms with Crippen molar-refractivity contribution in [2.24, 2.45) is 5.92 Å². The highest BCUT2D eigenvalue weighted by Crippen LogP contribution is 2.06. The van der Waals surface area contributed by atoms with Crippen molar-refractivity contribution in [3.63, 3.8) is 0 Å². The zero-order valence-electron chi connectivity index (χ0n) is 9.33. The van der Waals surface area contributed by atoms with Crippen LogP contribution in [0.2, 0.25) is 0 Å². The van der Waals surface area contributed by atoms with Gasteiger partial charge in [0.15, 0.2) is 0 Å². The third-order valence-electron chi connectivity index (χ3n) is 1.94. The quantitative estimate of drug-likeness (QED) is 0.800. The Morgan fingerprint density at radius 1 is 1.67 bits per heavy atom. The summed E-state index contributed by atoms with van der Waals surface area (Å²) in [6.07, 6.45) is 2.09. The van der Waals surface area contributed by atoms with Crippen molar-refractivity contribution in [2.75, 3.05) is 23.9 Å². The fourth-order valence-electron chi connectivity index (χ4n) is 1.29. The second kappa shape index (κ2) is 5.80. The van der Waals surface area contributed by atoms with Crippen LogP contribution in [0, 0.1) is 12.8 Å². The van der Waals surface area contributed by atoms with Gasteiger partial charge in [-0.2, -0.15) is 11.8 Å². The summed E-state index contributed by atoms with van der Waals surface area (Å²) in [6.45, 7) is 4.79. The Bertz CT molecular complexity index is 364.